The Morgan fingerprint density at radius 1 is 1.21 bits per heavy atom. The third-order valence-electron chi connectivity index (χ3n) is 2.51. The molecule has 3 nitrogen and oxygen atoms in total. The minimum Gasteiger partial charge on any atom is -0.465 e. The largest absolute Gasteiger partial charge is 0.465 e. The van der Waals surface area contributed by atoms with Crippen molar-refractivity contribution in [1.82, 2.24) is 0 Å². The molecule has 0 rings (SSSR count). The van der Waals surface area contributed by atoms with Crippen molar-refractivity contribution in [2.75, 3.05) is 6.61 Å². The lowest BCUT2D eigenvalue weighted by Gasteiger charge is -2.30. The van der Waals surface area contributed by atoms with E-state index in [0.717, 1.165) is 0 Å². The van der Waals surface area contributed by atoms with Crippen LogP contribution in [0, 0.1) is 17.3 Å². The summed E-state index contributed by atoms with van der Waals surface area (Å²) in [7, 11) is 0. The Balaban J connectivity index is 4.91. The zero-order valence-electron chi connectivity index (χ0n) is 12.2. The average molecular weight is 283 g/mol. The molecule has 0 unspecified atom stereocenters. The summed E-state index contributed by atoms with van der Waals surface area (Å²) in [4.78, 5) is 11.8. The van der Waals surface area contributed by atoms with Gasteiger partial charge in [-0.25, -0.2) is 0 Å². The number of alkyl halides is 3. The van der Waals surface area contributed by atoms with Crippen LogP contribution in [0.1, 0.15) is 41.0 Å². The molecule has 0 aliphatic heterocycles. The molecule has 0 aromatic heterocycles. The molecule has 0 spiro atoms. The fourth-order valence-corrected chi connectivity index (χ4v) is 1.60. The lowest BCUT2D eigenvalue weighted by molar-refractivity contribution is -0.179. The number of rotatable bonds is 5. The Labute approximate surface area is 112 Å². The first kappa shape index (κ1) is 18.2. The number of carbonyl (C=O) groups is 1. The molecule has 0 saturated heterocycles. The molecule has 0 aliphatic carbocycles. The van der Waals surface area contributed by atoms with E-state index in [1.807, 2.05) is 13.8 Å². The van der Waals surface area contributed by atoms with Crippen LogP contribution >= 0.6 is 0 Å². The summed E-state index contributed by atoms with van der Waals surface area (Å²) in [5.41, 5.74) is 4.74. The van der Waals surface area contributed by atoms with E-state index < -0.39 is 29.5 Å². The Morgan fingerprint density at radius 2 is 1.68 bits per heavy atom. The van der Waals surface area contributed by atoms with E-state index >= 15 is 0 Å². The highest BCUT2D eigenvalue weighted by Gasteiger charge is 2.46. The van der Waals surface area contributed by atoms with Crippen LogP contribution in [-0.2, 0) is 9.53 Å². The Kier molecular flexibility index (Phi) is 6.32. The van der Waals surface area contributed by atoms with Crippen molar-refractivity contribution in [1.29, 1.82) is 0 Å². The molecule has 2 N–H and O–H groups in total. The van der Waals surface area contributed by atoms with Gasteiger partial charge in [0.05, 0.1) is 12.5 Å². The molecule has 0 heterocycles. The van der Waals surface area contributed by atoms with E-state index in [9.17, 15) is 18.0 Å². The van der Waals surface area contributed by atoms with Crippen LogP contribution in [0.4, 0.5) is 13.2 Å². The fraction of sp³-hybridized carbons (Fsp3) is 0.923. The van der Waals surface area contributed by atoms with Crippen molar-refractivity contribution in [3.05, 3.63) is 0 Å². The van der Waals surface area contributed by atoms with Crippen molar-refractivity contribution < 1.29 is 22.7 Å². The third kappa shape index (κ3) is 7.40. The van der Waals surface area contributed by atoms with Gasteiger partial charge in [0.1, 0.15) is 6.04 Å². The molecule has 0 aromatic carbocycles. The molecule has 0 amide bonds. The monoisotopic (exact) mass is 283 g/mol. The van der Waals surface area contributed by atoms with E-state index in [0.29, 0.717) is 0 Å². The van der Waals surface area contributed by atoms with Gasteiger partial charge >= 0.3 is 12.1 Å². The number of halogens is 3. The predicted octanol–water partition coefficient (Wildman–Crippen LogP) is 3.13. The van der Waals surface area contributed by atoms with Gasteiger partial charge in [0.15, 0.2) is 0 Å². The van der Waals surface area contributed by atoms with E-state index in [1.54, 1.807) is 20.8 Å². The zero-order valence-corrected chi connectivity index (χ0v) is 12.2. The summed E-state index contributed by atoms with van der Waals surface area (Å²) in [5.74, 6) is -2.16. The molecule has 0 radical (unpaired) electrons. The average Bonchev–Trinajstić information content (AvgIpc) is 2.18. The van der Waals surface area contributed by atoms with Crippen molar-refractivity contribution in [2.45, 2.75) is 53.3 Å². The summed E-state index contributed by atoms with van der Waals surface area (Å²) in [6.45, 7) is 9.02. The van der Waals surface area contributed by atoms with Gasteiger partial charge in [0.25, 0.3) is 0 Å². The van der Waals surface area contributed by atoms with Gasteiger partial charge in [0, 0.05) is 0 Å². The van der Waals surface area contributed by atoms with Crippen molar-refractivity contribution in [3.8, 4) is 0 Å². The van der Waals surface area contributed by atoms with Crippen LogP contribution in [0.3, 0.4) is 0 Å². The molecule has 0 saturated carbocycles. The normalized spacial score (nSPS) is 16.3. The van der Waals surface area contributed by atoms with Crippen LogP contribution < -0.4 is 5.73 Å². The smallest absolute Gasteiger partial charge is 0.404 e. The van der Waals surface area contributed by atoms with Crippen LogP contribution in [0.15, 0.2) is 0 Å². The maximum atomic E-state index is 12.7. The lowest BCUT2D eigenvalue weighted by Crippen LogP contribution is -2.48. The van der Waals surface area contributed by atoms with Gasteiger partial charge in [-0.15, -0.1) is 0 Å². The van der Waals surface area contributed by atoms with E-state index in [-0.39, 0.29) is 18.9 Å². The molecule has 2 atom stereocenters. The second-order valence-corrected chi connectivity index (χ2v) is 6.46. The van der Waals surface area contributed by atoms with E-state index in [2.05, 4.69) is 0 Å². The van der Waals surface area contributed by atoms with Gasteiger partial charge in [-0.3, -0.25) is 4.79 Å². The third-order valence-corrected chi connectivity index (χ3v) is 2.51. The Hall–Kier alpha value is -0.780. The minimum atomic E-state index is -4.60. The maximum Gasteiger partial charge on any atom is 0.404 e. The summed E-state index contributed by atoms with van der Waals surface area (Å²) in [6, 6.07) is -2.19. The first-order valence-electron chi connectivity index (χ1n) is 6.33. The lowest BCUT2D eigenvalue weighted by atomic mass is 9.81. The Morgan fingerprint density at radius 3 is 2.00 bits per heavy atom. The van der Waals surface area contributed by atoms with E-state index in [1.165, 1.54) is 0 Å². The summed E-state index contributed by atoms with van der Waals surface area (Å²) in [5, 5.41) is 0. The quantitative estimate of drug-likeness (QED) is 0.789. The molecular formula is C13H24F3NO2. The fourth-order valence-electron chi connectivity index (χ4n) is 1.60. The molecule has 19 heavy (non-hydrogen) atoms. The highest BCUT2D eigenvalue weighted by molar-refractivity contribution is 5.73. The highest BCUT2D eigenvalue weighted by Crippen LogP contribution is 2.33. The van der Waals surface area contributed by atoms with Crippen LogP contribution in [0.25, 0.3) is 0 Å². The number of nitrogens with two attached hydrogens (primary N) is 1. The first-order chi connectivity index (χ1) is 8.34. The zero-order chi connectivity index (χ0) is 15.4. The van der Waals surface area contributed by atoms with Crippen LogP contribution in [0.5, 0.6) is 0 Å². The molecule has 0 bridgehead atoms. The topological polar surface area (TPSA) is 52.3 Å². The van der Waals surface area contributed by atoms with Gasteiger partial charge in [-0.2, -0.15) is 13.2 Å². The standard InChI is InChI=1S/C13H24F3NO2/c1-8(2)7-19-11(18)9(6-12(3,4)5)10(17)13(14,15)16/h8-10H,6-7,17H2,1-5H3/t9-,10-/m1/s1. The highest BCUT2D eigenvalue weighted by atomic mass is 19.4. The molecule has 0 aromatic rings. The van der Waals surface area contributed by atoms with Crippen molar-refractivity contribution in [3.63, 3.8) is 0 Å². The Bertz CT molecular complexity index is 295. The number of hydrogen-bond acceptors (Lipinski definition) is 3. The van der Waals surface area contributed by atoms with Crippen molar-refractivity contribution in [2.24, 2.45) is 23.0 Å². The van der Waals surface area contributed by atoms with Gasteiger partial charge in [-0.1, -0.05) is 34.6 Å². The van der Waals surface area contributed by atoms with E-state index in [4.69, 9.17) is 10.5 Å². The SMILES string of the molecule is CC(C)COC(=O)[C@H](CC(C)(C)C)[C@@H](N)C(F)(F)F. The second-order valence-electron chi connectivity index (χ2n) is 6.46. The molecular weight excluding hydrogens is 259 g/mol. The minimum absolute atomic E-state index is 0.0323. The second kappa shape index (κ2) is 6.59. The molecule has 114 valence electrons. The van der Waals surface area contributed by atoms with Crippen molar-refractivity contribution >= 4 is 5.97 Å². The molecule has 0 fully saturated rings. The van der Waals surface area contributed by atoms with Crippen LogP contribution in [-0.4, -0.2) is 24.8 Å². The number of carbonyl (C=O) groups excluding carboxylic acids is 1. The number of hydrogen-bond donors (Lipinski definition) is 1. The van der Waals surface area contributed by atoms with Crippen LogP contribution in [0.2, 0.25) is 0 Å². The number of esters is 1. The number of ether oxygens (including phenoxy) is 1. The molecule has 6 heteroatoms. The van der Waals surface area contributed by atoms with Gasteiger partial charge < -0.3 is 10.5 Å². The predicted molar refractivity (Wildman–Crippen MR) is 67.4 cm³/mol. The summed E-state index contributed by atoms with van der Waals surface area (Å²) >= 11 is 0. The molecule has 0 aliphatic rings. The first-order valence-corrected chi connectivity index (χ1v) is 6.33. The van der Waals surface area contributed by atoms with Gasteiger partial charge in [0.2, 0.25) is 0 Å². The summed E-state index contributed by atoms with van der Waals surface area (Å²) < 4.78 is 43.0. The van der Waals surface area contributed by atoms with Gasteiger partial charge in [-0.05, 0) is 17.8 Å². The maximum absolute atomic E-state index is 12.7. The summed E-state index contributed by atoms with van der Waals surface area (Å²) in [6.07, 6.45) is -4.57.